The van der Waals surface area contributed by atoms with Crippen molar-refractivity contribution in [2.24, 2.45) is 0 Å². The number of benzene rings is 1. The molecular weight excluding hydrogens is 242 g/mol. The first-order chi connectivity index (χ1) is 9.31. The van der Waals surface area contributed by atoms with Crippen LogP contribution in [-0.4, -0.2) is 22.9 Å². The van der Waals surface area contributed by atoms with Crippen LogP contribution in [0, 0.1) is 0 Å². The minimum atomic E-state index is -0.0898. The molecule has 19 heavy (non-hydrogen) atoms. The van der Waals surface area contributed by atoms with Crippen LogP contribution in [0.5, 0.6) is 0 Å². The monoisotopic (exact) mass is 261 g/mol. The van der Waals surface area contributed by atoms with E-state index < -0.39 is 0 Å². The average Bonchev–Trinajstić information content (AvgIpc) is 2.92. The van der Waals surface area contributed by atoms with Gasteiger partial charge in [-0.2, -0.15) is 0 Å². The van der Waals surface area contributed by atoms with E-state index in [1.54, 1.807) is 6.07 Å². The van der Waals surface area contributed by atoms with Gasteiger partial charge in [-0.25, -0.2) is 0 Å². The van der Waals surface area contributed by atoms with Gasteiger partial charge in [0.15, 0.2) is 0 Å². The van der Waals surface area contributed by atoms with E-state index in [0.29, 0.717) is 12.3 Å². The van der Waals surface area contributed by atoms with Gasteiger partial charge in [0.1, 0.15) is 18.1 Å². The van der Waals surface area contributed by atoms with Gasteiger partial charge in [-0.3, -0.25) is 0 Å². The third-order valence-corrected chi connectivity index (χ3v) is 2.98. The van der Waals surface area contributed by atoms with Crippen molar-refractivity contribution in [2.75, 3.05) is 6.61 Å². The Labute approximate surface area is 112 Å². The van der Waals surface area contributed by atoms with Gasteiger partial charge in [0.05, 0.1) is 13.2 Å². The number of hydrogen-bond acceptors (Lipinski definition) is 4. The van der Waals surface area contributed by atoms with Gasteiger partial charge in [0.2, 0.25) is 0 Å². The highest BCUT2D eigenvalue weighted by atomic mass is 16.4. The molecule has 2 aromatic rings. The quantitative estimate of drug-likeness (QED) is 0.706. The summed E-state index contributed by atoms with van der Waals surface area (Å²) in [4.78, 5) is 0. The van der Waals surface area contributed by atoms with Gasteiger partial charge in [0.25, 0.3) is 0 Å². The highest BCUT2D eigenvalue weighted by Gasteiger charge is 2.09. The van der Waals surface area contributed by atoms with Crippen LogP contribution in [0.25, 0.3) is 0 Å². The summed E-state index contributed by atoms with van der Waals surface area (Å²) in [5.74, 6) is 1.32. The van der Waals surface area contributed by atoms with Crippen molar-refractivity contribution < 1.29 is 14.6 Å². The highest BCUT2D eigenvalue weighted by Crippen LogP contribution is 2.08. The molecule has 3 N–H and O–H groups in total. The molecule has 0 amide bonds. The number of hydrogen-bond donors (Lipinski definition) is 3. The Bertz CT molecular complexity index is 481. The molecule has 1 heterocycles. The molecule has 4 nitrogen and oxygen atoms in total. The van der Waals surface area contributed by atoms with E-state index in [1.807, 2.05) is 36.4 Å². The SMILES string of the molecule is OCc1ccc(CN[C@H](CO)Cc2ccccc2)o1. The molecule has 4 heteroatoms. The predicted octanol–water partition coefficient (Wildman–Crippen LogP) is 1.47. The van der Waals surface area contributed by atoms with Gasteiger partial charge in [0, 0.05) is 6.04 Å². The molecule has 0 aliphatic heterocycles. The van der Waals surface area contributed by atoms with Gasteiger partial charge in [-0.15, -0.1) is 0 Å². The van der Waals surface area contributed by atoms with Crippen molar-refractivity contribution in [1.29, 1.82) is 0 Å². The maximum Gasteiger partial charge on any atom is 0.129 e. The second-order valence-electron chi connectivity index (χ2n) is 4.48. The Morgan fingerprint density at radius 2 is 1.74 bits per heavy atom. The summed E-state index contributed by atoms with van der Waals surface area (Å²) >= 11 is 0. The molecule has 0 aliphatic rings. The van der Waals surface area contributed by atoms with Crippen LogP contribution in [-0.2, 0) is 19.6 Å². The van der Waals surface area contributed by atoms with Gasteiger partial charge < -0.3 is 19.9 Å². The molecule has 0 fully saturated rings. The van der Waals surface area contributed by atoms with Crippen LogP contribution in [0.4, 0.5) is 0 Å². The Hall–Kier alpha value is -1.62. The van der Waals surface area contributed by atoms with Crippen LogP contribution in [0.2, 0.25) is 0 Å². The normalized spacial score (nSPS) is 12.5. The molecule has 2 rings (SSSR count). The minimum Gasteiger partial charge on any atom is -0.462 e. The molecule has 0 unspecified atom stereocenters. The minimum absolute atomic E-state index is 0.00919. The van der Waals surface area contributed by atoms with E-state index in [0.717, 1.165) is 12.2 Å². The maximum absolute atomic E-state index is 9.38. The summed E-state index contributed by atoms with van der Waals surface area (Å²) in [6.07, 6.45) is 0.769. The lowest BCUT2D eigenvalue weighted by atomic mass is 10.1. The van der Waals surface area contributed by atoms with Gasteiger partial charge in [-0.1, -0.05) is 30.3 Å². The van der Waals surface area contributed by atoms with Crippen LogP contribution < -0.4 is 5.32 Å². The van der Waals surface area contributed by atoms with E-state index >= 15 is 0 Å². The Balaban J connectivity index is 1.85. The molecule has 0 radical (unpaired) electrons. The fourth-order valence-corrected chi connectivity index (χ4v) is 1.95. The molecule has 0 spiro atoms. The second kappa shape index (κ2) is 7.09. The average molecular weight is 261 g/mol. The van der Waals surface area contributed by atoms with Crippen LogP contribution in [0.1, 0.15) is 17.1 Å². The standard InChI is InChI=1S/C15H19NO3/c17-10-13(8-12-4-2-1-3-5-12)16-9-14-6-7-15(11-18)19-14/h1-7,13,16-18H,8-11H2/t13-/m0/s1. The predicted molar refractivity (Wildman–Crippen MR) is 72.5 cm³/mol. The number of aliphatic hydroxyl groups is 2. The van der Waals surface area contributed by atoms with Crippen molar-refractivity contribution in [3.63, 3.8) is 0 Å². The molecule has 1 aromatic heterocycles. The lowest BCUT2D eigenvalue weighted by molar-refractivity contribution is 0.230. The third kappa shape index (κ3) is 4.21. The molecule has 1 aromatic carbocycles. The fraction of sp³-hybridized carbons (Fsp3) is 0.333. The maximum atomic E-state index is 9.38. The van der Waals surface area contributed by atoms with Crippen molar-refractivity contribution in [3.05, 3.63) is 59.5 Å². The second-order valence-corrected chi connectivity index (χ2v) is 4.48. The summed E-state index contributed by atoms with van der Waals surface area (Å²) in [5.41, 5.74) is 1.18. The van der Waals surface area contributed by atoms with Crippen molar-refractivity contribution in [2.45, 2.75) is 25.6 Å². The first-order valence-corrected chi connectivity index (χ1v) is 6.38. The molecule has 102 valence electrons. The van der Waals surface area contributed by atoms with E-state index in [9.17, 15) is 5.11 Å². The summed E-state index contributed by atoms with van der Waals surface area (Å²) in [5, 5.41) is 21.5. The smallest absolute Gasteiger partial charge is 0.129 e. The zero-order valence-corrected chi connectivity index (χ0v) is 10.7. The number of aliphatic hydroxyl groups excluding tert-OH is 2. The first-order valence-electron chi connectivity index (χ1n) is 6.38. The van der Waals surface area contributed by atoms with Crippen molar-refractivity contribution >= 4 is 0 Å². The van der Waals surface area contributed by atoms with E-state index in [2.05, 4.69) is 5.32 Å². The van der Waals surface area contributed by atoms with Crippen molar-refractivity contribution in [1.82, 2.24) is 5.32 Å². The van der Waals surface area contributed by atoms with Crippen LogP contribution in [0.15, 0.2) is 46.9 Å². The Morgan fingerprint density at radius 3 is 2.37 bits per heavy atom. The zero-order valence-electron chi connectivity index (χ0n) is 10.7. The summed E-state index contributed by atoms with van der Waals surface area (Å²) in [7, 11) is 0. The third-order valence-electron chi connectivity index (χ3n) is 2.98. The first kappa shape index (κ1) is 13.8. The molecule has 0 saturated heterocycles. The number of furan rings is 1. The van der Waals surface area contributed by atoms with Crippen LogP contribution in [0.3, 0.4) is 0 Å². The van der Waals surface area contributed by atoms with Crippen molar-refractivity contribution in [3.8, 4) is 0 Å². The van der Waals surface area contributed by atoms with Gasteiger partial charge in [-0.05, 0) is 24.1 Å². The molecular formula is C15H19NO3. The number of nitrogens with one attached hydrogen (secondary N) is 1. The van der Waals surface area contributed by atoms with E-state index in [-0.39, 0.29) is 19.3 Å². The Morgan fingerprint density at radius 1 is 1.00 bits per heavy atom. The lowest BCUT2D eigenvalue weighted by Crippen LogP contribution is -2.33. The summed E-state index contributed by atoms with van der Waals surface area (Å²) in [6, 6.07) is 13.6. The molecule has 1 atom stereocenters. The molecule has 0 saturated carbocycles. The number of rotatable bonds is 7. The zero-order chi connectivity index (χ0) is 13.5. The van der Waals surface area contributed by atoms with Gasteiger partial charge >= 0.3 is 0 Å². The Kier molecular flexibility index (Phi) is 5.15. The largest absolute Gasteiger partial charge is 0.462 e. The van der Waals surface area contributed by atoms with E-state index in [1.165, 1.54) is 5.56 Å². The highest BCUT2D eigenvalue weighted by molar-refractivity contribution is 5.16. The van der Waals surface area contributed by atoms with Crippen LogP contribution >= 0.6 is 0 Å². The topological polar surface area (TPSA) is 65.6 Å². The molecule has 0 bridgehead atoms. The lowest BCUT2D eigenvalue weighted by Gasteiger charge is -2.15. The summed E-state index contributed by atoms with van der Waals surface area (Å²) < 4.78 is 5.38. The molecule has 0 aliphatic carbocycles. The van der Waals surface area contributed by atoms with E-state index in [4.69, 9.17) is 9.52 Å². The fourth-order valence-electron chi connectivity index (χ4n) is 1.95. The summed E-state index contributed by atoms with van der Waals surface area (Å²) in [6.45, 7) is 0.522.